The molecule has 0 heterocycles. The number of rotatable bonds is 7. The van der Waals surface area contributed by atoms with Crippen molar-refractivity contribution < 1.29 is 18.7 Å². The second-order valence-electron chi connectivity index (χ2n) is 5.31. The van der Waals surface area contributed by atoms with Crippen LogP contribution >= 0.6 is 0 Å². The summed E-state index contributed by atoms with van der Waals surface area (Å²) >= 11 is 0. The number of carbonyl (C=O) groups excluding carboxylic acids is 2. The molecule has 0 fully saturated rings. The largest absolute Gasteiger partial charge is 0.469 e. The lowest BCUT2D eigenvalue weighted by Gasteiger charge is -2.23. The maximum absolute atomic E-state index is 13.2. The van der Waals surface area contributed by atoms with Crippen LogP contribution in [-0.2, 0) is 9.53 Å². The summed E-state index contributed by atoms with van der Waals surface area (Å²) in [6.45, 7) is 4.93. The van der Waals surface area contributed by atoms with Crippen LogP contribution in [0.25, 0.3) is 0 Å². The lowest BCUT2D eigenvalue weighted by molar-refractivity contribution is -0.140. The second-order valence-corrected chi connectivity index (χ2v) is 5.31. The number of nitrogens with zero attached hydrogens (tertiary/aromatic N) is 1. The highest BCUT2D eigenvalue weighted by Gasteiger charge is 2.17. The standard InChI is InChI=1S/C16H22FNO3/c1-12(2)7-9-18(10-8-15(19)21-3)16(20)13-5-4-6-14(17)11-13/h4-6,11-12H,7-10H2,1-3H3. The predicted molar refractivity (Wildman–Crippen MR) is 78.4 cm³/mol. The van der Waals surface area contributed by atoms with Gasteiger partial charge in [0.1, 0.15) is 5.82 Å². The molecule has 0 aliphatic carbocycles. The third-order valence-corrected chi connectivity index (χ3v) is 3.15. The number of methoxy groups -OCH3 is 1. The van der Waals surface area contributed by atoms with Crippen molar-refractivity contribution in [3.8, 4) is 0 Å². The number of benzene rings is 1. The fraction of sp³-hybridized carbons (Fsp3) is 0.500. The molecule has 0 aliphatic rings. The highest BCUT2D eigenvalue weighted by molar-refractivity contribution is 5.94. The molecule has 5 heteroatoms. The average Bonchev–Trinajstić information content (AvgIpc) is 2.46. The van der Waals surface area contributed by atoms with Gasteiger partial charge in [-0.2, -0.15) is 0 Å². The Balaban J connectivity index is 2.78. The van der Waals surface area contributed by atoms with Crippen LogP contribution in [0.15, 0.2) is 24.3 Å². The van der Waals surface area contributed by atoms with E-state index in [1.807, 2.05) is 0 Å². The Morgan fingerprint density at radius 3 is 2.57 bits per heavy atom. The molecule has 0 aliphatic heterocycles. The monoisotopic (exact) mass is 295 g/mol. The number of ether oxygens (including phenoxy) is 1. The molecule has 0 atom stereocenters. The highest BCUT2D eigenvalue weighted by atomic mass is 19.1. The smallest absolute Gasteiger partial charge is 0.307 e. The van der Waals surface area contributed by atoms with Gasteiger partial charge in [-0.25, -0.2) is 4.39 Å². The minimum atomic E-state index is -0.447. The van der Waals surface area contributed by atoms with Gasteiger partial charge in [0.25, 0.3) is 5.91 Å². The molecular weight excluding hydrogens is 273 g/mol. The predicted octanol–water partition coefficient (Wildman–Crippen LogP) is 2.88. The van der Waals surface area contributed by atoms with Crippen molar-refractivity contribution in [2.24, 2.45) is 5.92 Å². The highest BCUT2D eigenvalue weighted by Crippen LogP contribution is 2.11. The van der Waals surface area contributed by atoms with Gasteiger partial charge in [0.05, 0.1) is 13.5 Å². The second kappa shape index (κ2) is 8.39. The minimum Gasteiger partial charge on any atom is -0.469 e. The molecule has 21 heavy (non-hydrogen) atoms. The Bertz CT molecular complexity index is 488. The van der Waals surface area contributed by atoms with Gasteiger partial charge in [-0.15, -0.1) is 0 Å². The van der Waals surface area contributed by atoms with E-state index in [9.17, 15) is 14.0 Å². The van der Waals surface area contributed by atoms with Gasteiger partial charge in [-0.05, 0) is 30.5 Å². The summed E-state index contributed by atoms with van der Waals surface area (Å²) in [6.07, 6.45) is 0.956. The van der Waals surface area contributed by atoms with E-state index >= 15 is 0 Å². The van der Waals surface area contributed by atoms with E-state index < -0.39 is 5.82 Å². The fourth-order valence-corrected chi connectivity index (χ4v) is 1.86. The van der Waals surface area contributed by atoms with Crippen LogP contribution in [0, 0.1) is 11.7 Å². The quantitative estimate of drug-likeness (QED) is 0.727. The average molecular weight is 295 g/mol. The molecule has 1 amide bonds. The summed E-state index contributed by atoms with van der Waals surface area (Å²) in [5, 5.41) is 0. The molecule has 0 spiro atoms. The van der Waals surface area contributed by atoms with E-state index in [0.29, 0.717) is 18.0 Å². The normalized spacial score (nSPS) is 10.5. The summed E-state index contributed by atoms with van der Waals surface area (Å²) in [5.41, 5.74) is 0.295. The molecule has 0 aromatic heterocycles. The van der Waals surface area contributed by atoms with Gasteiger partial charge in [-0.3, -0.25) is 9.59 Å². The molecule has 0 saturated heterocycles. The first kappa shape index (κ1) is 17.1. The molecule has 0 saturated carbocycles. The van der Waals surface area contributed by atoms with Crippen LogP contribution in [0.3, 0.4) is 0 Å². The van der Waals surface area contributed by atoms with Gasteiger partial charge in [0.2, 0.25) is 0 Å². The number of amides is 1. The van der Waals surface area contributed by atoms with Crippen molar-refractivity contribution >= 4 is 11.9 Å². The topological polar surface area (TPSA) is 46.6 Å². The van der Waals surface area contributed by atoms with Crippen LogP contribution in [-0.4, -0.2) is 37.0 Å². The molecule has 1 rings (SSSR count). The first-order valence-electron chi connectivity index (χ1n) is 7.05. The summed E-state index contributed by atoms with van der Waals surface area (Å²) in [4.78, 5) is 25.2. The van der Waals surface area contributed by atoms with Crippen LogP contribution in [0.2, 0.25) is 0 Å². The Morgan fingerprint density at radius 1 is 1.29 bits per heavy atom. The SMILES string of the molecule is COC(=O)CCN(CCC(C)C)C(=O)c1cccc(F)c1. The molecule has 1 aromatic rings. The summed E-state index contributed by atoms with van der Waals surface area (Å²) in [6, 6.07) is 5.59. The van der Waals surface area contributed by atoms with E-state index in [2.05, 4.69) is 18.6 Å². The molecule has 0 radical (unpaired) electrons. The number of carbonyl (C=O) groups is 2. The van der Waals surface area contributed by atoms with E-state index in [-0.39, 0.29) is 24.8 Å². The van der Waals surface area contributed by atoms with Crippen molar-refractivity contribution in [2.75, 3.05) is 20.2 Å². The molecular formula is C16H22FNO3. The summed E-state index contributed by atoms with van der Waals surface area (Å²) in [7, 11) is 1.31. The van der Waals surface area contributed by atoms with Crippen LogP contribution in [0.5, 0.6) is 0 Å². The van der Waals surface area contributed by atoms with E-state index in [0.717, 1.165) is 6.42 Å². The number of halogens is 1. The van der Waals surface area contributed by atoms with E-state index in [1.54, 1.807) is 11.0 Å². The summed E-state index contributed by atoms with van der Waals surface area (Å²) < 4.78 is 17.8. The van der Waals surface area contributed by atoms with Crippen LogP contribution in [0.4, 0.5) is 4.39 Å². The Labute approximate surface area is 124 Å². The van der Waals surface area contributed by atoms with Gasteiger partial charge in [0, 0.05) is 18.7 Å². The van der Waals surface area contributed by atoms with Gasteiger partial charge < -0.3 is 9.64 Å². The van der Waals surface area contributed by atoms with Crippen LogP contribution in [0.1, 0.15) is 37.0 Å². The molecule has 4 nitrogen and oxygen atoms in total. The zero-order valence-electron chi connectivity index (χ0n) is 12.8. The van der Waals surface area contributed by atoms with Crippen molar-refractivity contribution in [1.82, 2.24) is 4.90 Å². The minimum absolute atomic E-state index is 0.135. The molecule has 0 N–H and O–H groups in total. The Hall–Kier alpha value is -1.91. The lowest BCUT2D eigenvalue weighted by atomic mass is 10.1. The molecule has 116 valence electrons. The number of hydrogen-bond donors (Lipinski definition) is 0. The fourth-order valence-electron chi connectivity index (χ4n) is 1.86. The Kier molecular flexibility index (Phi) is 6.85. The third-order valence-electron chi connectivity index (χ3n) is 3.15. The zero-order valence-corrected chi connectivity index (χ0v) is 12.8. The van der Waals surface area contributed by atoms with Crippen molar-refractivity contribution in [1.29, 1.82) is 0 Å². The molecule has 1 aromatic carbocycles. The first-order valence-corrected chi connectivity index (χ1v) is 7.05. The lowest BCUT2D eigenvalue weighted by Crippen LogP contribution is -2.34. The molecule has 0 bridgehead atoms. The Morgan fingerprint density at radius 2 is 2.00 bits per heavy atom. The van der Waals surface area contributed by atoms with E-state index in [1.165, 1.54) is 25.3 Å². The van der Waals surface area contributed by atoms with Crippen molar-refractivity contribution in [2.45, 2.75) is 26.7 Å². The summed E-state index contributed by atoms with van der Waals surface area (Å²) in [5.74, 6) is -0.640. The number of esters is 1. The van der Waals surface area contributed by atoms with Gasteiger partial charge in [0.15, 0.2) is 0 Å². The third kappa shape index (κ3) is 5.94. The maximum atomic E-state index is 13.2. The zero-order chi connectivity index (χ0) is 15.8. The molecule has 0 unspecified atom stereocenters. The van der Waals surface area contributed by atoms with Crippen molar-refractivity contribution in [3.05, 3.63) is 35.6 Å². The maximum Gasteiger partial charge on any atom is 0.307 e. The first-order chi connectivity index (χ1) is 9.93. The van der Waals surface area contributed by atoms with Crippen LogP contribution < -0.4 is 0 Å². The van der Waals surface area contributed by atoms with Gasteiger partial charge in [-0.1, -0.05) is 19.9 Å². The van der Waals surface area contributed by atoms with E-state index in [4.69, 9.17) is 0 Å². The van der Waals surface area contributed by atoms with Gasteiger partial charge >= 0.3 is 5.97 Å². The van der Waals surface area contributed by atoms with Crippen molar-refractivity contribution in [3.63, 3.8) is 0 Å². The number of hydrogen-bond acceptors (Lipinski definition) is 3.